The SMILES string of the molecule is CCCCOc1ccc(-c2ccc(CCC3CCC(c4ccc(C)c(F)c4F)CC3)cc2F)c(F)c1F. The van der Waals surface area contributed by atoms with E-state index in [0.29, 0.717) is 23.5 Å². The molecule has 37 heavy (non-hydrogen) atoms. The van der Waals surface area contributed by atoms with Crippen molar-refractivity contribution in [3.05, 3.63) is 88.2 Å². The zero-order valence-electron chi connectivity index (χ0n) is 21.4. The van der Waals surface area contributed by atoms with Crippen molar-refractivity contribution in [2.24, 2.45) is 5.92 Å². The van der Waals surface area contributed by atoms with Crippen molar-refractivity contribution in [1.82, 2.24) is 0 Å². The van der Waals surface area contributed by atoms with Gasteiger partial charge in [0.1, 0.15) is 5.82 Å². The second kappa shape index (κ2) is 12.1. The van der Waals surface area contributed by atoms with Gasteiger partial charge < -0.3 is 4.74 Å². The number of benzene rings is 3. The molecule has 0 atom stereocenters. The Bertz CT molecular complexity index is 1230. The molecule has 0 saturated heterocycles. The summed E-state index contributed by atoms with van der Waals surface area (Å²) >= 11 is 0. The van der Waals surface area contributed by atoms with Crippen molar-refractivity contribution in [3.63, 3.8) is 0 Å². The lowest BCUT2D eigenvalue weighted by molar-refractivity contribution is 0.289. The lowest BCUT2D eigenvalue weighted by atomic mass is 9.76. The maximum absolute atomic E-state index is 14.9. The Morgan fingerprint density at radius 2 is 1.51 bits per heavy atom. The molecule has 0 spiro atoms. The molecule has 0 heterocycles. The average Bonchev–Trinajstić information content (AvgIpc) is 2.90. The lowest BCUT2D eigenvalue weighted by Gasteiger charge is -2.29. The van der Waals surface area contributed by atoms with Crippen molar-refractivity contribution in [1.29, 1.82) is 0 Å². The second-order valence-electron chi connectivity index (χ2n) is 10.1. The van der Waals surface area contributed by atoms with Crippen LogP contribution in [0.1, 0.15) is 74.5 Å². The molecular weight excluding hydrogens is 483 g/mol. The van der Waals surface area contributed by atoms with E-state index in [4.69, 9.17) is 4.74 Å². The fraction of sp³-hybridized carbons (Fsp3) is 0.419. The Hall–Kier alpha value is -2.89. The zero-order valence-corrected chi connectivity index (χ0v) is 21.4. The van der Waals surface area contributed by atoms with Gasteiger partial charge in [-0.05, 0) is 98.6 Å². The molecule has 0 radical (unpaired) electrons. The molecule has 3 aromatic carbocycles. The summed E-state index contributed by atoms with van der Waals surface area (Å²) in [5, 5.41) is 0. The highest BCUT2D eigenvalue weighted by Crippen LogP contribution is 2.39. The standard InChI is InChI=1S/C31H33F5O/c1-3-4-17-37-27-16-15-25(30(35)31(27)36)24-14-10-21(18-26(24)32)7-6-20-8-11-22(12-9-20)23-13-5-19(2)28(33)29(23)34/h5,10,13-16,18,20,22H,3-4,6-9,11-12,17H2,1-2H3. The lowest BCUT2D eigenvalue weighted by Crippen LogP contribution is -2.15. The Morgan fingerprint density at radius 3 is 2.22 bits per heavy atom. The van der Waals surface area contributed by atoms with Crippen molar-refractivity contribution < 1.29 is 26.7 Å². The summed E-state index contributed by atoms with van der Waals surface area (Å²) in [7, 11) is 0. The number of aryl methyl sites for hydroxylation is 2. The molecule has 6 heteroatoms. The van der Waals surface area contributed by atoms with E-state index < -0.39 is 29.1 Å². The van der Waals surface area contributed by atoms with E-state index in [1.54, 1.807) is 25.1 Å². The molecule has 0 bridgehead atoms. The number of ether oxygens (including phenoxy) is 1. The molecule has 1 aliphatic carbocycles. The van der Waals surface area contributed by atoms with E-state index in [0.717, 1.165) is 50.5 Å². The molecule has 0 aliphatic heterocycles. The molecule has 1 fully saturated rings. The first-order valence-corrected chi connectivity index (χ1v) is 13.1. The van der Waals surface area contributed by atoms with E-state index in [1.165, 1.54) is 24.3 Å². The Balaban J connectivity index is 1.35. The molecule has 0 unspecified atom stereocenters. The zero-order chi connectivity index (χ0) is 26.5. The summed E-state index contributed by atoms with van der Waals surface area (Å²) in [6, 6.07) is 10.6. The van der Waals surface area contributed by atoms with E-state index in [-0.39, 0.29) is 29.4 Å². The predicted octanol–water partition coefficient (Wildman–Crippen LogP) is 9.44. The van der Waals surface area contributed by atoms with E-state index in [9.17, 15) is 22.0 Å². The monoisotopic (exact) mass is 516 g/mol. The van der Waals surface area contributed by atoms with Gasteiger partial charge in [-0.25, -0.2) is 17.6 Å². The van der Waals surface area contributed by atoms with Gasteiger partial charge in [0.15, 0.2) is 23.2 Å². The van der Waals surface area contributed by atoms with Crippen molar-refractivity contribution in [2.45, 2.75) is 71.1 Å². The average molecular weight is 517 g/mol. The van der Waals surface area contributed by atoms with Gasteiger partial charge in [0.25, 0.3) is 0 Å². The largest absolute Gasteiger partial charge is 0.490 e. The number of hydrogen-bond acceptors (Lipinski definition) is 1. The minimum absolute atomic E-state index is 0.00752. The summed E-state index contributed by atoms with van der Waals surface area (Å²) in [4.78, 5) is 0. The van der Waals surface area contributed by atoms with Crippen LogP contribution >= 0.6 is 0 Å². The van der Waals surface area contributed by atoms with Crippen molar-refractivity contribution in [2.75, 3.05) is 6.61 Å². The summed E-state index contributed by atoms with van der Waals surface area (Å²) in [5.41, 5.74) is 1.43. The van der Waals surface area contributed by atoms with Crippen LogP contribution in [-0.4, -0.2) is 6.61 Å². The summed E-state index contributed by atoms with van der Waals surface area (Å²) in [6.07, 6.45) is 6.49. The van der Waals surface area contributed by atoms with Gasteiger partial charge in [0.05, 0.1) is 6.61 Å². The number of rotatable bonds is 9. The van der Waals surface area contributed by atoms with Crippen molar-refractivity contribution >= 4 is 0 Å². The van der Waals surface area contributed by atoms with Crippen LogP contribution in [0.2, 0.25) is 0 Å². The first kappa shape index (κ1) is 27.2. The number of hydrogen-bond donors (Lipinski definition) is 0. The van der Waals surface area contributed by atoms with Crippen LogP contribution in [0.15, 0.2) is 42.5 Å². The molecule has 0 amide bonds. The molecule has 3 aromatic rings. The summed E-state index contributed by atoms with van der Waals surface area (Å²) < 4.78 is 77.7. The minimum atomic E-state index is -1.12. The molecule has 1 saturated carbocycles. The molecule has 198 valence electrons. The van der Waals surface area contributed by atoms with Crippen molar-refractivity contribution in [3.8, 4) is 16.9 Å². The maximum Gasteiger partial charge on any atom is 0.201 e. The highest BCUT2D eigenvalue weighted by molar-refractivity contribution is 5.66. The topological polar surface area (TPSA) is 9.23 Å². The third-order valence-corrected chi connectivity index (χ3v) is 7.56. The van der Waals surface area contributed by atoms with Crippen LogP contribution in [0.5, 0.6) is 5.75 Å². The second-order valence-corrected chi connectivity index (χ2v) is 10.1. The smallest absolute Gasteiger partial charge is 0.201 e. The molecule has 1 aliphatic rings. The van der Waals surface area contributed by atoms with Gasteiger partial charge >= 0.3 is 0 Å². The van der Waals surface area contributed by atoms with E-state index in [1.807, 2.05) is 6.92 Å². The van der Waals surface area contributed by atoms with Crippen LogP contribution in [0.25, 0.3) is 11.1 Å². The normalized spacial score (nSPS) is 17.7. The fourth-order valence-corrected chi connectivity index (χ4v) is 5.22. The van der Waals surface area contributed by atoms with Gasteiger partial charge in [-0.3, -0.25) is 0 Å². The highest BCUT2D eigenvalue weighted by Gasteiger charge is 2.26. The fourth-order valence-electron chi connectivity index (χ4n) is 5.22. The van der Waals surface area contributed by atoms with Gasteiger partial charge in [-0.1, -0.05) is 37.6 Å². The summed E-state index contributed by atoms with van der Waals surface area (Å²) in [5.74, 6) is -4.06. The van der Waals surface area contributed by atoms with Gasteiger partial charge in [0.2, 0.25) is 5.82 Å². The minimum Gasteiger partial charge on any atom is -0.490 e. The number of unbranched alkanes of at least 4 members (excludes halogenated alkanes) is 1. The maximum atomic E-state index is 14.9. The van der Waals surface area contributed by atoms with Crippen LogP contribution in [0.4, 0.5) is 22.0 Å². The molecule has 0 aromatic heterocycles. The first-order chi connectivity index (χ1) is 17.8. The number of halogens is 5. The third kappa shape index (κ3) is 6.16. The third-order valence-electron chi connectivity index (χ3n) is 7.56. The van der Waals surface area contributed by atoms with E-state index >= 15 is 0 Å². The van der Waals surface area contributed by atoms with Gasteiger partial charge in [-0.2, -0.15) is 4.39 Å². The first-order valence-electron chi connectivity index (χ1n) is 13.1. The Morgan fingerprint density at radius 1 is 0.784 bits per heavy atom. The molecule has 1 nitrogen and oxygen atoms in total. The van der Waals surface area contributed by atoms with Gasteiger partial charge in [-0.15, -0.1) is 0 Å². The molecular formula is C31H33F5O. The highest BCUT2D eigenvalue weighted by atomic mass is 19.2. The predicted molar refractivity (Wildman–Crippen MR) is 136 cm³/mol. The van der Waals surface area contributed by atoms with Crippen LogP contribution in [-0.2, 0) is 6.42 Å². The van der Waals surface area contributed by atoms with Crippen LogP contribution in [0, 0.1) is 41.9 Å². The van der Waals surface area contributed by atoms with Crippen LogP contribution in [0.3, 0.4) is 0 Å². The Labute approximate surface area is 215 Å². The van der Waals surface area contributed by atoms with Gasteiger partial charge in [0, 0.05) is 11.1 Å². The quantitative estimate of drug-likeness (QED) is 0.203. The van der Waals surface area contributed by atoms with Crippen LogP contribution < -0.4 is 4.74 Å². The molecule has 4 rings (SSSR count). The Kier molecular flexibility index (Phi) is 8.88. The molecule has 0 N–H and O–H groups in total. The summed E-state index contributed by atoms with van der Waals surface area (Å²) in [6.45, 7) is 3.82. The van der Waals surface area contributed by atoms with E-state index in [2.05, 4.69) is 0 Å².